The minimum Gasteiger partial charge on any atom is -0.492 e. The number of nitrogens with two attached hydrogens (primary N) is 1. The molecule has 104 valence electrons. The highest BCUT2D eigenvalue weighted by molar-refractivity contribution is 14.1. The number of rotatable bonds is 5. The number of benzene rings is 2. The minimum atomic E-state index is -0.128. The number of carbonyl (C=O) groups is 1. The van der Waals surface area contributed by atoms with Gasteiger partial charge in [0.1, 0.15) is 12.4 Å². The average Bonchev–Trinajstić information content (AvgIpc) is 2.47. The van der Waals surface area contributed by atoms with E-state index in [0.717, 1.165) is 15.0 Å². The maximum Gasteiger partial charge on any atom is 0.255 e. The summed E-state index contributed by atoms with van der Waals surface area (Å²) in [6.07, 6.45) is 0. The summed E-state index contributed by atoms with van der Waals surface area (Å²) in [4.78, 5) is 12.0. The topological polar surface area (TPSA) is 64.3 Å². The SMILES string of the molecule is NCCOc1ccc(NC(=O)c2ccc(I)cc2)cc1. The molecule has 2 aromatic rings. The lowest BCUT2D eigenvalue weighted by Gasteiger charge is -2.07. The highest BCUT2D eigenvalue weighted by Gasteiger charge is 2.05. The maximum absolute atomic E-state index is 12.0. The minimum absolute atomic E-state index is 0.128. The molecule has 0 aliphatic heterocycles. The van der Waals surface area contributed by atoms with E-state index in [0.29, 0.717) is 18.7 Å². The predicted molar refractivity (Wildman–Crippen MR) is 88.1 cm³/mol. The van der Waals surface area contributed by atoms with Crippen LogP contribution in [0.1, 0.15) is 10.4 Å². The second kappa shape index (κ2) is 7.25. The molecule has 1 amide bonds. The van der Waals surface area contributed by atoms with Crippen molar-refractivity contribution in [1.29, 1.82) is 0 Å². The van der Waals surface area contributed by atoms with E-state index in [1.165, 1.54) is 0 Å². The molecule has 4 nitrogen and oxygen atoms in total. The number of hydrogen-bond acceptors (Lipinski definition) is 3. The van der Waals surface area contributed by atoms with E-state index in [-0.39, 0.29) is 5.91 Å². The average molecular weight is 382 g/mol. The smallest absolute Gasteiger partial charge is 0.255 e. The molecule has 0 fully saturated rings. The van der Waals surface area contributed by atoms with Crippen molar-refractivity contribution in [2.75, 3.05) is 18.5 Å². The van der Waals surface area contributed by atoms with Gasteiger partial charge in [0.05, 0.1) is 0 Å². The number of amides is 1. The number of nitrogens with one attached hydrogen (secondary N) is 1. The van der Waals surface area contributed by atoms with Gasteiger partial charge in [-0.2, -0.15) is 0 Å². The van der Waals surface area contributed by atoms with Gasteiger partial charge in [-0.3, -0.25) is 4.79 Å². The lowest BCUT2D eigenvalue weighted by atomic mass is 10.2. The van der Waals surface area contributed by atoms with Gasteiger partial charge in [0.2, 0.25) is 0 Å². The highest BCUT2D eigenvalue weighted by atomic mass is 127. The molecule has 0 atom stereocenters. The summed E-state index contributed by atoms with van der Waals surface area (Å²) in [7, 11) is 0. The second-order valence-corrected chi connectivity index (χ2v) is 5.37. The van der Waals surface area contributed by atoms with E-state index >= 15 is 0 Å². The van der Waals surface area contributed by atoms with Gasteiger partial charge in [-0.1, -0.05) is 0 Å². The summed E-state index contributed by atoms with van der Waals surface area (Å²) < 4.78 is 6.47. The van der Waals surface area contributed by atoms with Gasteiger partial charge in [0, 0.05) is 21.4 Å². The molecule has 0 saturated heterocycles. The van der Waals surface area contributed by atoms with E-state index in [1.54, 1.807) is 36.4 Å². The van der Waals surface area contributed by atoms with Crippen molar-refractivity contribution in [3.05, 3.63) is 57.7 Å². The van der Waals surface area contributed by atoms with Crippen molar-refractivity contribution in [3.8, 4) is 5.75 Å². The first-order valence-corrected chi connectivity index (χ1v) is 7.27. The third-order valence-electron chi connectivity index (χ3n) is 2.61. The maximum atomic E-state index is 12.0. The summed E-state index contributed by atoms with van der Waals surface area (Å²) in [6.45, 7) is 0.958. The molecule has 0 heterocycles. The van der Waals surface area contributed by atoms with Crippen LogP contribution >= 0.6 is 22.6 Å². The standard InChI is InChI=1S/C15H15IN2O2/c16-12-3-1-11(2-4-12)15(19)18-13-5-7-14(8-6-13)20-10-9-17/h1-8H,9-10,17H2,(H,18,19). The molecular formula is C15H15IN2O2. The Labute approximate surface area is 131 Å². The van der Waals surface area contributed by atoms with Crippen molar-refractivity contribution < 1.29 is 9.53 Å². The van der Waals surface area contributed by atoms with E-state index in [2.05, 4.69) is 27.9 Å². The Balaban J connectivity index is 1.99. The Kier molecular flexibility index (Phi) is 5.37. The lowest BCUT2D eigenvalue weighted by molar-refractivity contribution is 0.102. The van der Waals surface area contributed by atoms with E-state index in [4.69, 9.17) is 10.5 Å². The zero-order chi connectivity index (χ0) is 14.4. The summed E-state index contributed by atoms with van der Waals surface area (Å²) in [5, 5.41) is 2.84. The highest BCUT2D eigenvalue weighted by Crippen LogP contribution is 2.16. The molecular weight excluding hydrogens is 367 g/mol. The summed E-state index contributed by atoms with van der Waals surface area (Å²) >= 11 is 2.20. The first-order chi connectivity index (χ1) is 9.69. The molecule has 0 spiro atoms. The van der Waals surface area contributed by atoms with Crippen molar-refractivity contribution >= 4 is 34.2 Å². The zero-order valence-electron chi connectivity index (χ0n) is 10.8. The molecule has 0 saturated carbocycles. The Morgan fingerprint density at radius 1 is 1.10 bits per heavy atom. The fraction of sp³-hybridized carbons (Fsp3) is 0.133. The van der Waals surface area contributed by atoms with Gasteiger partial charge in [0.25, 0.3) is 5.91 Å². The molecule has 0 unspecified atom stereocenters. The van der Waals surface area contributed by atoms with Gasteiger partial charge >= 0.3 is 0 Å². The van der Waals surface area contributed by atoms with Gasteiger partial charge in [-0.05, 0) is 71.1 Å². The second-order valence-electron chi connectivity index (χ2n) is 4.12. The van der Waals surface area contributed by atoms with Crippen LogP contribution < -0.4 is 15.8 Å². The van der Waals surface area contributed by atoms with Crippen LogP contribution in [0.3, 0.4) is 0 Å². The monoisotopic (exact) mass is 382 g/mol. The molecule has 20 heavy (non-hydrogen) atoms. The van der Waals surface area contributed by atoms with Crippen LogP contribution in [-0.2, 0) is 0 Å². The quantitative estimate of drug-likeness (QED) is 0.782. The van der Waals surface area contributed by atoms with Crippen LogP contribution in [0.4, 0.5) is 5.69 Å². The number of halogens is 1. The number of anilines is 1. The first kappa shape index (κ1) is 14.8. The molecule has 0 bridgehead atoms. The van der Waals surface area contributed by atoms with Crippen LogP contribution in [0.25, 0.3) is 0 Å². The van der Waals surface area contributed by atoms with E-state index < -0.39 is 0 Å². The summed E-state index contributed by atoms with van der Waals surface area (Å²) in [5.74, 6) is 0.611. The summed E-state index contributed by atoms with van der Waals surface area (Å²) in [5.41, 5.74) is 6.73. The fourth-order valence-electron chi connectivity index (χ4n) is 1.62. The van der Waals surface area contributed by atoms with Gasteiger partial charge < -0.3 is 15.8 Å². The summed E-state index contributed by atoms with van der Waals surface area (Å²) in [6, 6.07) is 14.6. The normalized spacial score (nSPS) is 10.1. The lowest BCUT2D eigenvalue weighted by Crippen LogP contribution is -2.12. The molecule has 0 aliphatic rings. The Hall–Kier alpha value is -1.60. The van der Waals surface area contributed by atoms with Crippen LogP contribution in [0.2, 0.25) is 0 Å². The Bertz CT molecular complexity index is 567. The third kappa shape index (κ3) is 4.21. The Morgan fingerprint density at radius 3 is 2.35 bits per heavy atom. The molecule has 0 radical (unpaired) electrons. The van der Waals surface area contributed by atoms with Crippen molar-refractivity contribution in [2.45, 2.75) is 0 Å². The molecule has 2 rings (SSSR count). The van der Waals surface area contributed by atoms with Crippen molar-refractivity contribution in [1.82, 2.24) is 0 Å². The van der Waals surface area contributed by atoms with Crippen molar-refractivity contribution in [2.24, 2.45) is 5.73 Å². The molecule has 2 aromatic carbocycles. The van der Waals surface area contributed by atoms with Gasteiger partial charge in [-0.25, -0.2) is 0 Å². The molecule has 0 aromatic heterocycles. The van der Waals surface area contributed by atoms with Crippen LogP contribution in [0, 0.1) is 3.57 Å². The zero-order valence-corrected chi connectivity index (χ0v) is 13.0. The van der Waals surface area contributed by atoms with Gasteiger partial charge in [0.15, 0.2) is 0 Å². The fourth-order valence-corrected chi connectivity index (χ4v) is 1.98. The molecule has 3 N–H and O–H groups in total. The van der Waals surface area contributed by atoms with Crippen molar-refractivity contribution in [3.63, 3.8) is 0 Å². The molecule has 0 aliphatic carbocycles. The number of ether oxygens (including phenoxy) is 1. The van der Waals surface area contributed by atoms with Crippen LogP contribution in [0.5, 0.6) is 5.75 Å². The Morgan fingerprint density at radius 2 is 1.75 bits per heavy atom. The predicted octanol–water partition coefficient (Wildman–Crippen LogP) is 2.88. The van der Waals surface area contributed by atoms with E-state index in [1.807, 2.05) is 12.1 Å². The third-order valence-corrected chi connectivity index (χ3v) is 3.32. The molecule has 5 heteroatoms. The number of hydrogen-bond donors (Lipinski definition) is 2. The van der Waals surface area contributed by atoms with Crippen LogP contribution in [-0.4, -0.2) is 19.1 Å². The van der Waals surface area contributed by atoms with Crippen LogP contribution in [0.15, 0.2) is 48.5 Å². The van der Waals surface area contributed by atoms with Gasteiger partial charge in [-0.15, -0.1) is 0 Å². The first-order valence-electron chi connectivity index (χ1n) is 6.19. The van der Waals surface area contributed by atoms with E-state index in [9.17, 15) is 4.79 Å². The number of carbonyl (C=O) groups excluding carboxylic acids is 1. The largest absolute Gasteiger partial charge is 0.492 e.